The molecule has 0 atom stereocenters. The third-order valence-corrected chi connectivity index (χ3v) is 6.26. The molecule has 0 fully saturated rings. The van der Waals surface area contributed by atoms with Crippen molar-refractivity contribution in [1.29, 1.82) is 0 Å². The first-order valence-corrected chi connectivity index (χ1v) is 10.4. The van der Waals surface area contributed by atoms with E-state index in [0.29, 0.717) is 19.6 Å². The van der Waals surface area contributed by atoms with Crippen LogP contribution in [0.15, 0.2) is 59.5 Å². The average molecular weight is 387 g/mol. The molecule has 2 rings (SSSR count). The van der Waals surface area contributed by atoms with Gasteiger partial charge in [-0.05, 0) is 36.3 Å². The van der Waals surface area contributed by atoms with E-state index in [1.54, 1.807) is 30.3 Å². The number of carbonyl (C=O) groups excluding carboxylic acids is 1. The molecule has 2 aromatic rings. The van der Waals surface area contributed by atoms with E-state index in [4.69, 9.17) is 0 Å². The minimum atomic E-state index is -3.46. The summed E-state index contributed by atoms with van der Waals surface area (Å²) in [5, 5.41) is 2.83. The Morgan fingerprint density at radius 3 is 2.33 bits per heavy atom. The van der Waals surface area contributed by atoms with Crippen LogP contribution in [0.1, 0.15) is 30.5 Å². The second kappa shape index (κ2) is 9.48. The number of nitrogens with one attached hydrogen (secondary N) is 1. The molecule has 0 radical (unpaired) electrons. The molecule has 0 spiro atoms. The van der Waals surface area contributed by atoms with Crippen LogP contribution in [0, 0.1) is 6.92 Å². The summed E-state index contributed by atoms with van der Waals surface area (Å²) in [5.74, 6) is -0.198. The molecule has 1 amide bonds. The second-order valence-corrected chi connectivity index (χ2v) is 8.14. The molecule has 27 heavy (non-hydrogen) atoms. The Morgan fingerprint density at radius 2 is 1.74 bits per heavy atom. The molecule has 0 aromatic heterocycles. The quantitative estimate of drug-likeness (QED) is 0.708. The molecule has 5 nitrogen and oxygen atoms in total. The molecule has 6 heteroatoms. The van der Waals surface area contributed by atoms with Crippen LogP contribution in [0.3, 0.4) is 0 Å². The van der Waals surface area contributed by atoms with E-state index in [0.717, 1.165) is 16.7 Å². The number of aryl methyl sites for hydroxylation is 1. The first-order chi connectivity index (χ1) is 12.9. The number of hydrogen-bond acceptors (Lipinski definition) is 3. The van der Waals surface area contributed by atoms with Crippen LogP contribution in [0.5, 0.6) is 0 Å². The summed E-state index contributed by atoms with van der Waals surface area (Å²) in [6, 6.07) is 14.5. The van der Waals surface area contributed by atoms with Gasteiger partial charge in [0, 0.05) is 25.7 Å². The molecule has 144 valence electrons. The molecule has 1 N–H and O–H groups in total. The molecule has 0 aliphatic carbocycles. The van der Waals surface area contributed by atoms with Crippen LogP contribution in [0.2, 0.25) is 0 Å². The number of benzene rings is 2. The smallest absolute Gasteiger partial charge is 0.244 e. The van der Waals surface area contributed by atoms with Crippen molar-refractivity contribution >= 4 is 22.0 Å². The predicted octanol–water partition coefficient (Wildman–Crippen LogP) is 3.36. The van der Waals surface area contributed by atoms with Gasteiger partial charge in [0.2, 0.25) is 15.9 Å². The fourth-order valence-electron chi connectivity index (χ4n) is 2.71. The summed E-state index contributed by atoms with van der Waals surface area (Å²) in [5.41, 5.74) is 2.96. The summed E-state index contributed by atoms with van der Waals surface area (Å²) in [6.45, 7) is 6.96. The van der Waals surface area contributed by atoms with E-state index >= 15 is 0 Å². The zero-order chi connectivity index (χ0) is 19.9. The Hall–Kier alpha value is -2.44. The Labute approximate surface area is 161 Å². The largest absolute Gasteiger partial charge is 0.348 e. The highest BCUT2D eigenvalue weighted by Crippen LogP contribution is 2.16. The van der Waals surface area contributed by atoms with Crippen molar-refractivity contribution in [2.75, 3.05) is 13.1 Å². The summed E-state index contributed by atoms with van der Waals surface area (Å²) in [4.78, 5) is 12.2. The summed E-state index contributed by atoms with van der Waals surface area (Å²) in [6.07, 6.45) is 3.11. The molecule has 0 bridgehead atoms. The van der Waals surface area contributed by atoms with E-state index in [-0.39, 0.29) is 10.8 Å². The van der Waals surface area contributed by atoms with Gasteiger partial charge >= 0.3 is 0 Å². The fourth-order valence-corrected chi connectivity index (χ4v) is 4.16. The number of rotatable bonds is 8. The molecular weight excluding hydrogens is 360 g/mol. The SMILES string of the molecule is CCN(CC)S(=O)(=O)c1ccc(/C=C/C(=O)NCc2cccc(C)c2)cc1. The standard InChI is InChI=1S/C21H26N2O3S/c1-4-23(5-2)27(25,26)20-12-9-18(10-13-20)11-14-21(24)22-16-19-8-6-7-17(3)15-19/h6-15H,4-5,16H2,1-3H3,(H,22,24)/b14-11+. The molecule has 2 aromatic carbocycles. The first kappa shape index (κ1) is 20.9. The molecule has 0 unspecified atom stereocenters. The van der Waals surface area contributed by atoms with Gasteiger partial charge in [0.05, 0.1) is 4.90 Å². The second-order valence-electron chi connectivity index (χ2n) is 6.20. The van der Waals surface area contributed by atoms with Crippen LogP contribution in [0.4, 0.5) is 0 Å². The third-order valence-electron chi connectivity index (χ3n) is 4.20. The first-order valence-electron chi connectivity index (χ1n) is 8.98. The monoisotopic (exact) mass is 386 g/mol. The van der Waals surface area contributed by atoms with Crippen molar-refractivity contribution in [3.63, 3.8) is 0 Å². The molecule has 0 saturated heterocycles. The maximum absolute atomic E-state index is 12.5. The highest BCUT2D eigenvalue weighted by Gasteiger charge is 2.20. The van der Waals surface area contributed by atoms with Gasteiger partial charge in [-0.1, -0.05) is 55.8 Å². The predicted molar refractivity (Wildman–Crippen MR) is 109 cm³/mol. The zero-order valence-corrected chi connectivity index (χ0v) is 16.8. The van der Waals surface area contributed by atoms with Gasteiger partial charge in [0.15, 0.2) is 0 Å². The van der Waals surface area contributed by atoms with E-state index in [1.165, 1.54) is 10.4 Å². The molecule has 0 saturated carbocycles. The van der Waals surface area contributed by atoms with Gasteiger partial charge < -0.3 is 5.32 Å². The van der Waals surface area contributed by atoms with Crippen LogP contribution >= 0.6 is 0 Å². The van der Waals surface area contributed by atoms with Crippen molar-refractivity contribution in [3.8, 4) is 0 Å². The normalized spacial score (nSPS) is 11.9. The van der Waals surface area contributed by atoms with Crippen molar-refractivity contribution in [2.24, 2.45) is 0 Å². The van der Waals surface area contributed by atoms with Crippen LogP contribution in [-0.2, 0) is 21.4 Å². The number of carbonyl (C=O) groups is 1. The van der Waals surface area contributed by atoms with Crippen molar-refractivity contribution in [3.05, 3.63) is 71.3 Å². The summed E-state index contributed by atoms with van der Waals surface area (Å²) < 4.78 is 26.3. The number of hydrogen-bond donors (Lipinski definition) is 1. The van der Waals surface area contributed by atoms with E-state index in [1.807, 2.05) is 45.0 Å². The van der Waals surface area contributed by atoms with Gasteiger partial charge in [-0.15, -0.1) is 0 Å². The maximum atomic E-state index is 12.5. The Kier molecular flexibility index (Phi) is 7.33. The number of amides is 1. The van der Waals surface area contributed by atoms with Crippen molar-refractivity contribution in [1.82, 2.24) is 9.62 Å². The number of sulfonamides is 1. The Bertz CT molecular complexity index is 899. The van der Waals surface area contributed by atoms with Gasteiger partial charge in [-0.3, -0.25) is 4.79 Å². The molecule has 0 heterocycles. The topological polar surface area (TPSA) is 66.5 Å². The lowest BCUT2D eigenvalue weighted by molar-refractivity contribution is -0.116. The van der Waals surface area contributed by atoms with Crippen LogP contribution in [-0.4, -0.2) is 31.7 Å². The highest BCUT2D eigenvalue weighted by atomic mass is 32.2. The van der Waals surface area contributed by atoms with Gasteiger partial charge in [-0.25, -0.2) is 8.42 Å². The minimum absolute atomic E-state index is 0.198. The van der Waals surface area contributed by atoms with E-state index in [2.05, 4.69) is 5.32 Å². The molecule has 0 aliphatic heterocycles. The van der Waals surface area contributed by atoms with E-state index in [9.17, 15) is 13.2 Å². The lowest BCUT2D eigenvalue weighted by Crippen LogP contribution is -2.30. The lowest BCUT2D eigenvalue weighted by atomic mass is 10.1. The Morgan fingerprint density at radius 1 is 1.07 bits per heavy atom. The fraction of sp³-hybridized carbons (Fsp3) is 0.286. The highest BCUT2D eigenvalue weighted by molar-refractivity contribution is 7.89. The summed E-state index contributed by atoms with van der Waals surface area (Å²) >= 11 is 0. The van der Waals surface area contributed by atoms with Crippen LogP contribution in [0.25, 0.3) is 6.08 Å². The van der Waals surface area contributed by atoms with Crippen LogP contribution < -0.4 is 5.32 Å². The number of nitrogens with zero attached hydrogens (tertiary/aromatic N) is 1. The molecule has 0 aliphatic rings. The van der Waals surface area contributed by atoms with Crippen molar-refractivity contribution < 1.29 is 13.2 Å². The summed E-state index contributed by atoms with van der Waals surface area (Å²) in [7, 11) is -3.46. The average Bonchev–Trinajstić information content (AvgIpc) is 2.66. The van der Waals surface area contributed by atoms with Gasteiger partial charge in [0.1, 0.15) is 0 Å². The lowest BCUT2D eigenvalue weighted by Gasteiger charge is -2.18. The van der Waals surface area contributed by atoms with Gasteiger partial charge in [-0.2, -0.15) is 4.31 Å². The zero-order valence-electron chi connectivity index (χ0n) is 16.0. The van der Waals surface area contributed by atoms with Gasteiger partial charge in [0.25, 0.3) is 0 Å². The third kappa shape index (κ3) is 5.77. The Balaban J connectivity index is 1.98. The van der Waals surface area contributed by atoms with E-state index < -0.39 is 10.0 Å². The van der Waals surface area contributed by atoms with Crippen molar-refractivity contribution in [2.45, 2.75) is 32.2 Å². The molecular formula is C21H26N2O3S. The maximum Gasteiger partial charge on any atom is 0.244 e. The minimum Gasteiger partial charge on any atom is -0.348 e.